The largest absolute Gasteiger partial charge is 0.369 e. The van der Waals surface area contributed by atoms with E-state index in [1.54, 1.807) is 0 Å². The smallest absolute Gasteiger partial charge is 0.166 e. The molecule has 20 heavy (non-hydrogen) atoms. The summed E-state index contributed by atoms with van der Waals surface area (Å²) in [5.74, 6) is 0. The minimum atomic E-state index is 0.655. The minimum absolute atomic E-state index is 0.655. The second kappa shape index (κ2) is 5.92. The molecular weight excluding hydrogens is 250 g/mol. The number of rotatable bonds is 4. The van der Waals surface area contributed by atoms with E-state index in [9.17, 15) is 4.79 Å². The van der Waals surface area contributed by atoms with Gasteiger partial charge in [-0.2, -0.15) is 0 Å². The summed E-state index contributed by atoms with van der Waals surface area (Å²) in [6, 6.07) is 14.4. The van der Waals surface area contributed by atoms with Crippen molar-refractivity contribution in [2.75, 3.05) is 31.1 Å². The highest BCUT2D eigenvalue weighted by Crippen LogP contribution is 2.16. The molecule has 1 aliphatic rings. The van der Waals surface area contributed by atoms with Crippen LogP contribution in [0.2, 0.25) is 0 Å². The molecule has 4 heteroatoms. The molecule has 0 bridgehead atoms. The molecule has 1 fully saturated rings. The van der Waals surface area contributed by atoms with E-state index >= 15 is 0 Å². The second-order valence-corrected chi connectivity index (χ2v) is 5.16. The Balaban J connectivity index is 1.55. The van der Waals surface area contributed by atoms with Crippen molar-refractivity contribution in [1.82, 2.24) is 9.88 Å². The van der Waals surface area contributed by atoms with Crippen LogP contribution in [0, 0.1) is 0 Å². The Kier molecular flexibility index (Phi) is 3.83. The normalized spacial score (nSPS) is 16.3. The first kappa shape index (κ1) is 12.9. The van der Waals surface area contributed by atoms with E-state index < -0.39 is 0 Å². The Morgan fingerprint density at radius 2 is 1.75 bits per heavy atom. The summed E-state index contributed by atoms with van der Waals surface area (Å²) >= 11 is 0. The van der Waals surface area contributed by atoms with Gasteiger partial charge in [0.2, 0.25) is 0 Å². The van der Waals surface area contributed by atoms with Crippen LogP contribution in [0.15, 0.2) is 42.5 Å². The predicted octanol–water partition coefficient (Wildman–Crippen LogP) is 2.15. The standard InChI is InChI=1S/C16H19N3O/c20-13-15-7-6-14(17-15)12-18-8-10-19(11-9-18)16-4-2-1-3-5-16/h1-7,13,17H,8-12H2. The minimum Gasteiger partial charge on any atom is -0.369 e. The molecule has 1 saturated heterocycles. The Hall–Kier alpha value is -2.07. The summed E-state index contributed by atoms with van der Waals surface area (Å²) in [6.07, 6.45) is 0.858. The highest BCUT2D eigenvalue weighted by atomic mass is 16.1. The second-order valence-electron chi connectivity index (χ2n) is 5.16. The molecule has 0 radical (unpaired) electrons. The van der Waals surface area contributed by atoms with Crippen molar-refractivity contribution in [1.29, 1.82) is 0 Å². The van der Waals surface area contributed by atoms with E-state index in [4.69, 9.17) is 0 Å². The Labute approximate surface area is 119 Å². The molecule has 4 nitrogen and oxygen atoms in total. The third-order valence-corrected chi connectivity index (χ3v) is 3.78. The van der Waals surface area contributed by atoms with Gasteiger partial charge in [0, 0.05) is 44.1 Å². The summed E-state index contributed by atoms with van der Waals surface area (Å²) in [7, 11) is 0. The Morgan fingerprint density at radius 3 is 2.40 bits per heavy atom. The lowest BCUT2D eigenvalue weighted by Gasteiger charge is -2.35. The number of benzene rings is 1. The number of aromatic nitrogens is 1. The van der Waals surface area contributed by atoms with Gasteiger partial charge in [-0.3, -0.25) is 9.69 Å². The third-order valence-electron chi connectivity index (χ3n) is 3.78. The molecule has 3 rings (SSSR count). The fourth-order valence-electron chi connectivity index (χ4n) is 2.66. The van der Waals surface area contributed by atoms with Crippen LogP contribution in [-0.4, -0.2) is 42.3 Å². The van der Waals surface area contributed by atoms with Crippen molar-refractivity contribution in [3.63, 3.8) is 0 Å². The number of hydrogen-bond acceptors (Lipinski definition) is 3. The zero-order chi connectivity index (χ0) is 13.8. The predicted molar refractivity (Wildman–Crippen MR) is 80.1 cm³/mol. The number of nitrogens with zero attached hydrogens (tertiary/aromatic N) is 2. The molecule has 2 aromatic rings. The molecule has 0 saturated carbocycles. The lowest BCUT2D eigenvalue weighted by molar-refractivity contribution is 0.111. The number of piperazine rings is 1. The van der Waals surface area contributed by atoms with Crippen molar-refractivity contribution < 1.29 is 4.79 Å². The maximum Gasteiger partial charge on any atom is 0.166 e. The quantitative estimate of drug-likeness (QED) is 0.864. The molecule has 0 spiro atoms. The van der Waals surface area contributed by atoms with Gasteiger partial charge < -0.3 is 9.88 Å². The zero-order valence-electron chi connectivity index (χ0n) is 11.5. The summed E-state index contributed by atoms with van der Waals surface area (Å²) in [4.78, 5) is 18.6. The lowest BCUT2D eigenvalue weighted by Crippen LogP contribution is -2.46. The van der Waals surface area contributed by atoms with Gasteiger partial charge in [0.15, 0.2) is 6.29 Å². The lowest BCUT2D eigenvalue weighted by atomic mass is 10.2. The van der Waals surface area contributed by atoms with E-state index in [1.807, 2.05) is 12.1 Å². The summed E-state index contributed by atoms with van der Waals surface area (Å²) < 4.78 is 0. The van der Waals surface area contributed by atoms with Crippen molar-refractivity contribution in [2.24, 2.45) is 0 Å². The molecule has 2 heterocycles. The first-order valence-corrected chi connectivity index (χ1v) is 7.00. The molecule has 0 aliphatic carbocycles. The fourth-order valence-corrected chi connectivity index (χ4v) is 2.66. The molecule has 1 N–H and O–H groups in total. The maximum atomic E-state index is 10.7. The van der Waals surface area contributed by atoms with Crippen LogP contribution < -0.4 is 4.90 Å². The van der Waals surface area contributed by atoms with Gasteiger partial charge in [-0.15, -0.1) is 0 Å². The summed E-state index contributed by atoms with van der Waals surface area (Å²) in [5, 5.41) is 0. The van der Waals surface area contributed by atoms with E-state index in [0.717, 1.165) is 44.7 Å². The molecular formula is C16H19N3O. The first-order valence-electron chi connectivity index (χ1n) is 7.00. The molecule has 1 aliphatic heterocycles. The fraction of sp³-hybridized carbons (Fsp3) is 0.312. The Bertz CT molecular complexity index is 556. The van der Waals surface area contributed by atoms with Crippen LogP contribution in [0.5, 0.6) is 0 Å². The van der Waals surface area contributed by atoms with Crippen LogP contribution >= 0.6 is 0 Å². The van der Waals surface area contributed by atoms with Crippen LogP contribution in [0.3, 0.4) is 0 Å². The number of para-hydroxylation sites is 1. The number of anilines is 1. The van der Waals surface area contributed by atoms with Gasteiger partial charge in [0.05, 0.1) is 5.69 Å². The first-order chi connectivity index (χ1) is 9.85. The number of carbonyl (C=O) groups is 1. The van der Waals surface area contributed by atoms with Gasteiger partial charge in [-0.05, 0) is 24.3 Å². The van der Waals surface area contributed by atoms with Gasteiger partial charge in [0.25, 0.3) is 0 Å². The van der Waals surface area contributed by atoms with Crippen molar-refractivity contribution in [2.45, 2.75) is 6.54 Å². The molecule has 0 unspecified atom stereocenters. The highest BCUT2D eigenvalue weighted by Gasteiger charge is 2.17. The average molecular weight is 269 g/mol. The van der Waals surface area contributed by atoms with Crippen LogP contribution in [0.4, 0.5) is 5.69 Å². The van der Waals surface area contributed by atoms with Crippen LogP contribution in [-0.2, 0) is 6.54 Å². The number of carbonyl (C=O) groups excluding carboxylic acids is 1. The topological polar surface area (TPSA) is 39.3 Å². The van der Waals surface area contributed by atoms with Crippen LogP contribution in [0.25, 0.3) is 0 Å². The Morgan fingerprint density at radius 1 is 1.00 bits per heavy atom. The third kappa shape index (κ3) is 2.91. The molecule has 104 valence electrons. The molecule has 1 aromatic carbocycles. The van der Waals surface area contributed by atoms with Crippen molar-refractivity contribution in [3.05, 3.63) is 53.9 Å². The van der Waals surface area contributed by atoms with Gasteiger partial charge >= 0.3 is 0 Å². The van der Waals surface area contributed by atoms with Gasteiger partial charge in [0.1, 0.15) is 0 Å². The SMILES string of the molecule is O=Cc1ccc(CN2CCN(c3ccccc3)CC2)[nH]1. The van der Waals surface area contributed by atoms with Crippen molar-refractivity contribution >= 4 is 12.0 Å². The van der Waals surface area contributed by atoms with Gasteiger partial charge in [-0.25, -0.2) is 0 Å². The van der Waals surface area contributed by atoms with E-state index in [1.165, 1.54) is 5.69 Å². The zero-order valence-corrected chi connectivity index (χ0v) is 11.5. The number of aromatic amines is 1. The van der Waals surface area contributed by atoms with E-state index in [-0.39, 0.29) is 0 Å². The van der Waals surface area contributed by atoms with Crippen LogP contribution in [0.1, 0.15) is 16.2 Å². The number of nitrogens with one attached hydrogen (secondary N) is 1. The summed E-state index contributed by atoms with van der Waals surface area (Å²) in [6.45, 7) is 5.07. The summed E-state index contributed by atoms with van der Waals surface area (Å²) in [5.41, 5.74) is 3.07. The molecule has 0 atom stereocenters. The average Bonchev–Trinajstić information content (AvgIpc) is 2.97. The van der Waals surface area contributed by atoms with E-state index in [0.29, 0.717) is 5.69 Å². The van der Waals surface area contributed by atoms with Gasteiger partial charge in [-0.1, -0.05) is 18.2 Å². The number of H-pyrrole nitrogens is 1. The van der Waals surface area contributed by atoms with Crippen molar-refractivity contribution in [3.8, 4) is 0 Å². The monoisotopic (exact) mass is 269 g/mol. The molecule has 1 aromatic heterocycles. The maximum absolute atomic E-state index is 10.7. The molecule has 0 amide bonds. The number of hydrogen-bond donors (Lipinski definition) is 1. The highest BCUT2D eigenvalue weighted by molar-refractivity contribution is 5.71. The number of aldehydes is 1. The van der Waals surface area contributed by atoms with E-state index in [2.05, 4.69) is 45.1 Å².